The molecule has 2 N–H and O–H groups in total. The molecule has 120 valence electrons. The van der Waals surface area contributed by atoms with E-state index < -0.39 is 17.7 Å². The molecule has 2 aromatic carbocycles. The predicted molar refractivity (Wildman–Crippen MR) is 87.1 cm³/mol. The Hall–Kier alpha value is -3.17. The lowest BCUT2D eigenvalue weighted by Gasteiger charge is -2.09. The van der Waals surface area contributed by atoms with Gasteiger partial charge in [0.05, 0.1) is 22.3 Å². The number of carbonyl (C=O) groups is 3. The van der Waals surface area contributed by atoms with Crippen molar-refractivity contribution >= 4 is 34.9 Å². The summed E-state index contributed by atoms with van der Waals surface area (Å²) in [5, 5.41) is 20.3. The van der Waals surface area contributed by atoms with Gasteiger partial charge in [0.2, 0.25) is 5.91 Å². The van der Waals surface area contributed by atoms with Crippen LogP contribution in [0.4, 0.5) is 5.69 Å². The molecule has 0 fully saturated rings. The topological polar surface area (TPSA) is 107 Å². The van der Waals surface area contributed by atoms with Gasteiger partial charge in [0.25, 0.3) is 0 Å². The molecule has 1 amide bonds. The number of nitrogens with one attached hydrogen (secondary N) is 1. The zero-order chi connectivity index (χ0) is 17.7. The van der Waals surface area contributed by atoms with Crippen LogP contribution in [0.1, 0.15) is 32.7 Å². The van der Waals surface area contributed by atoms with Crippen LogP contribution in [-0.4, -0.2) is 22.8 Å². The molecule has 0 aliphatic rings. The lowest BCUT2D eigenvalue weighted by atomic mass is 9.98. The number of benzene rings is 2. The molecule has 0 aromatic heterocycles. The van der Waals surface area contributed by atoms with E-state index >= 15 is 0 Å². The number of hydrogen-bond donors (Lipinski definition) is 2. The molecule has 0 radical (unpaired) electrons. The average Bonchev–Trinajstić information content (AvgIpc) is 2.56. The lowest BCUT2D eigenvalue weighted by molar-refractivity contribution is -0.115. The molecule has 0 heterocycles. The van der Waals surface area contributed by atoms with Gasteiger partial charge in [-0.1, -0.05) is 29.8 Å². The molecule has 0 spiro atoms. The summed E-state index contributed by atoms with van der Waals surface area (Å²) in [5.74, 6) is -2.29. The summed E-state index contributed by atoms with van der Waals surface area (Å²) < 4.78 is 0. The van der Waals surface area contributed by atoms with Crippen molar-refractivity contribution in [3.05, 3.63) is 64.2 Å². The minimum atomic E-state index is -1.21. The Morgan fingerprint density at radius 1 is 1.12 bits per heavy atom. The molecule has 24 heavy (non-hydrogen) atoms. The van der Waals surface area contributed by atoms with E-state index in [-0.39, 0.29) is 33.8 Å². The summed E-state index contributed by atoms with van der Waals surface area (Å²) in [6.45, 7) is 0. The normalized spacial score (nSPS) is 9.83. The monoisotopic (exact) mass is 342 g/mol. The van der Waals surface area contributed by atoms with E-state index in [1.807, 2.05) is 0 Å². The number of rotatable bonds is 5. The number of carbonyl (C=O) groups excluding carboxylic acids is 2. The molecular weight excluding hydrogens is 332 g/mol. The Labute approximate surface area is 142 Å². The van der Waals surface area contributed by atoms with Crippen LogP contribution in [0, 0.1) is 11.3 Å². The Kier molecular flexibility index (Phi) is 5.30. The van der Waals surface area contributed by atoms with Crippen molar-refractivity contribution in [3.8, 4) is 6.07 Å². The first-order valence-corrected chi connectivity index (χ1v) is 7.15. The van der Waals surface area contributed by atoms with E-state index in [1.54, 1.807) is 12.1 Å². The van der Waals surface area contributed by atoms with Crippen molar-refractivity contribution in [1.82, 2.24) is 0 Å². The largest absolute Gasteiger partial charge is 0.478 e. The van der Waals surface area contributed by atoms with Gasteiger partial charge in [-0.15, -0.1) is 0 Å². The molecule has 0 aliphatic heterocycles. The fourth-order valence-corrected chi connectivity index (χ4v) is 2.22. The van der Waals surface area contributed by atoms with Crippen LogP contribution in [-0.2, 0) is 4.79 Å². The Bertz CT molecular complexity index is 871. The third-order valence-electron chi connectivity index (χ3n) is 3.14. The molecule has 7 heteroatoms. The fraction of sp³-hybridized carbons (Fsp3) is 0.0588. The van der Waals surface area contributed by atoms with Gasteiger partial charge >= 0.3 is 5.97 Å². The second-order valence-corrected chi connectivity index (χ2v) is 5.16. The van der Waals surface area contributed by atoms with Gasteiger partial charge in [-0.05, 0) is 24.3 Å². The molecule has 0 unspecified atom stereocenters. The minimum Gasteiger partial charge on any atom is -0.478 e. The second-order valence-electron chi connectivity index (χ2n) is 4.76. The molecule has 0 bridgehead atoms. The van der Waals surface area contributed by atoms with Gasteiger partial charge in [-0.3, -0.25) is 9.59 Å². The summed E-state index contributed by atoms with van der Waals surface area (Å²) in [4.78, 5) is 35.3. The van der Waals surface area contributed by atoms with E-state index in [4.69, 9.17) is 16.9 Å². The zero-order valence-electron chi connectivity index (χ0n) is 12.2. The number of hydrogen-bond acceptors (Lipinski definition) is 4. The molecular formula is C17H11ClN2O4. The molecule has 2 aromatic rings. The standard InChI is InChI=1S/C17H11ClN2O4/c18-13-6-5-10(9-14(13)20-15(21)7-8-19)16(22)11-3-1-2-4-12(11)17(23)24/h1-6,9H,7H2,(H,20,21)(H,23,24). The fourth-order valence-electron chi connectivity index (χ4n) is 2.05. The van der Waals surface area contributed by atoms with E-state index in [1.165, 1.54) is 36.4 Å². The number of aromatic carboxylic acids is 1. The summed E-state index contributed by atoms with van der Waals surface area (Å²) in [5.41, 5.74) is 0.255. The number of amides is 1. The highest BCUT2D eigenvalue weighted by atomic mass is 35.5. The summed E-state index contributed by atoms with van der Waals surface area (Å²) in [7, 11) is 0. The second kappa shape index (κ2) is 7.40. The molecule has 0 aliphatic carbocycles. The first-order chi connectivity index (χ1) is 11.4. The summed E-state index contributed by atoms with van der Waals surface area (Å²) >= 11 is 5.97. The summed E-state index contributed by atoms with van der Waals surface area (Å²) in [6.07, 6.45) is -0.351. The number of anilines is 1. The quantitative estimate of drug-likeness (QED) is 0.812. The average molecular weight is 343 g/mol. The lowest BCUT2D eigenvalue weighted by Crippen LogP contribution is -2.13. The Morgan fingerprint density at radius 2 is 1.79 bits per heavy atom. The maximum atomic E-state index is 12.6. The Morgan fingerprint density at radius 3 is 2.42 bits per heavy atom. The van der Waals surface area contributed by atoms with Gasteiger partial charge in [-0.25, -0.2) is 4.79 Å². The maximum absolute atomic E-state index is 12.6. The van der Waals surface area contributed by atoms with Crippen molar-refractivity contribution in [2.75, 3.05) is 5.32 Å². The highest BCUT2D eigenvalue weighted by Gasteiger charge is 2.18. The smallest absolute Gasteiger partial charge is 0.336 e. The van der Waals surface area contributed by atoms with Crippen LogP contribution < -0.4 is 5.32 Å². The van der Waals surface area contributed by atoms with E-state index in [0.717, 1.165) is 0 Å². The van der Waals surface area contributed by atoms with Gasteiger partial charge in [0.15, 0.2) is 5.78 Å². The van der Waals surface area contributed by atoms with Crippen molar-refractivity contribution in [2.24, 2.45) is 0 Å². The Balaban J connectivity index is 2.40. The maximum Gasteiger partial charge on any atom is 0.336 e. The molecule has 0 saturated heterocycles. The molecule has 2 rings (SSSR count). The SMILES string of the molecule is N#CCC(=O)Nc1cc(C(=O)c2ccccc2C(=O)O)ccc1Cl. The third-order valence-corrected chi connectivity index (χ3v) is 3.47. The number of halogens is 1. The minimum absolute atomic E-state index is 0.0293. The van der Waals surface area contributed by atoms with Crippen molar-refractivity contribution in [2.45, 2.75) is 6.42 Å². The number of carboxylic acid groups (broad SMARTS) is 1. The highest BCUT2D eigenvalue weighted by Crippen LogP contribution is 2.25. The number of carboxylic acids is 1. The van der Waals surface area contributed by atoms with Gasteiger partial charge in [-0.2, -0.15) is 5.26 Å². The zero-order valence-corrected chi connectivity index (χ0v) is 13.0. The van der Waals surface area contributed by atoms with Gasteiger partial charge < -0.3 is 10.4 Å². The molecule has 0 saturated carbocycles. The van der Waals surface area contributed by atoms with Crippen molar-refractivity contribution in [3.63, 3.8) is 0 Å². The third kappa shape index (κ3) is 3.77. The van der Waals surface area contributed by atoms with Crippen LogP contribution in [0.15, 0.2) is 42.5 Å². The predicted octanol–water partition coefficient (Wildman–Crippen LogP) is 3.12. The van der Waals surface area contributed by atoms with Crippen molar-refractivity contribution < 1.29 is 19.5 Å². The van der Waals surface area contributed by atoms with Gasteiger partial charge in [0.1, 0.15) is 6.42 Å². The highest BCUT2D eigenvalue weighted by molar-refractivity contribution is 6.34. The number of nitrogens with zero attached hydrogens (tertiary/aromatic N) is 1. The summed E-state index contributed by atoms with van der Waals surface area (Å²) in [6, 6.07) is 11.7. The number of nitriles is 1. The van der Waals surface area contributed by atoms with Crippen LogP contribution in [0.3, 0.4) is 0 Å². The van der Waals surface area contributed by atoms with Crippen molar-refractivity contribution in [1.29, 1.82) is 5.26 Å². The van der Waals surface area contributed by atoms with Gasteiger partial charge in [0, 0.05) is 11.1 Å². The van der Waals surface area contributed by atoms with E-state index in [0.29, 0.717) is 0 Å². The van der Waals surface area contributed by atoms with E-state index in [9.17, 15) is 19.5 Å². The molecule has 6 nitrogen and oxygen atoms in total. The number of ketones is 1. The van der Waals surface area contributed by atoms with Crippen LogP contribution in [0.2, 0.25) is 5.02 Å². The van der Waals surface area contributed by atoms with Crippen LogP contribution in [0.25, 0.3) is 0 Å². The van der Waals surface area contributed by atoms with Crippen LogP contribution >= 0.6 is 11.6 Å². The first kappa shape index (κ1) is 17.2. The van der Waals surface area contributed by atoms with Crippen LogP contribution in [0.5, 0.6) is 0 Å². The molecule has 0 atom stereocenters. The van der Waals surface area contributed by atoms with E-state index in [2.05, 4.69) is 5.32 Å². The first-order valence-electron chi connectivity index (χ1n) is 6.77.